The number of aryl methyl sites for hydroxylation is 1. The largest absolute Gasteiger partial charge is 0.368 e. The van der Waals surface area contributed by atoms with E-state index in [4.69, 9.17) is 5.26 Å². The van der Waals surface area contributed by atoms with Crippen molar-refractivity contribution in [3.63, 3.8) is 0 Å². The Balaban J connectivity index is 2.39. The van der Waals surface area contributed by atoms with E-state index in [9.17, 15) is 0 Å². The SMILES string of the molecule is Cn1ccc(NCC(C)(C)CCC#N)n1. The number of nitrogens with zero attached hydrogens (tertiary/aromatic N) is 3. The first-order valence-corrected chi connectivity index (χ1v) is 5.14. The standard InChI is InChI=1S/C11H18N4/c1-11(2,6-4-7-12)9-13-10-5-8-15(3)14-10/h5,8H,4,6,9H2,1-3H3,(H,13,14). The van der Waals surface area contributed by atoms with Crippen LogP contribution in [0.5, 0.6) is 0 Å². The Bertz CT molecular complexity index is 346. The van der Waals surface area contributed by atoms with Crippen molar-refractivity contribution in [3.8, 4) is 6.07 Å². The van der Waals surface area contributed by atoms with Gasteiger partial charge in [-0.25, -0.2) is 0 Å². The summed E-state index contributed by atoms with van der Waals surface area (Å²) in [4.78, 5) is 0. The molecule has 82 valence electrons. The summed E-state index contributed by atoms with van der Waals surface area (Å²) in [5.41, 5.74) is 0.132. The van der Waals surface area contributed by atoms with Crippen LogP contribution in [0.2, 0.25) is 0 Å². The fourth-order valence-electron chi connectivity index (χ4n) is 1.32. The Morgan fingerprint density at radius 3 is 2.87 bits per heavy atom. The third-order valence-corrected chi connectivity index (χ3v) is 2.38. The molecule has 0 aromatic carbocycles. The summed E-state index contributed by atoms with van der Waals surface area (Å²) in [5, 5.41) is 16.0. The molecule has 0 unspecified atom stereocenters. The molecule has 0 bridgehead atoms. The van der Waals surface area contributed by atoms with Gasteiger partial charge in [-0.1, -0.05) is 13.8 Å². The summed E-state index contributed by atoms with van der Waals surface area (Å²) in [6, 6.07) is 4.12. The number of nitrogens with one attached hydrogen (secondary N) is 1. The molecule has 4 heteroatoms. The van der Waals surface area contributed by atoms with Crippen LogP contribution in [0.25, 0.3) is 0 Å². The second-order valence-corrected chi connectivity index (χ2v) is 4.55. The summed E-state index contributed by atoms with van der Waals surface area (Å²) in [6.07, 6.45) is 3.42. The monoisotopic (exact) mass is 206 g/mol. The third kappa shape index (κ3) is 4.03. The molecular formula is C11H18N4. The van der Waals surface area contributed by atoms with Crippen LogP contribution in [0.3, 0.4) is 0 Å². The molecule has 1 rings (SSSR count). The van der Waals surface area contributed by atoms with Crippen LogP contribution in [0.1, 0.15) is 26.7 Å². The average molecular weight is 206 g/mol. The number of nitriles is 1. The number of aromatic nitrogens is 2. The van der Waals surface area contributed by atoms with Crippen molar-refractivity contribution in [3.05, 3.63) is 12.3 Å². The molecule has 0 aliphatic rings. The maximum atomic E-state index is 8.53. The van der Waals surface area contributed by atoms with Gasteiger partial charge in [-0.15, -0.1) is 0 Å². The first-order chi connectivity index (χ1) is 7.03. The molecule has 0 fully saturated rings. The van der Waals surface area contributed by atoms with Crippen molar-refractivity contribution in [1.29, 1.82) is 5.26 Å². The van der Waals surface area contributed by atoms with Gasteiger partial charge in [-0.3, -0.25) is 4.68 Å². The van der Waals surface area contributed by atoms with E-state index < -0.39 is 0 Å². The Hall–Kier alpha value is -1.50. The molecule has 0 spiro atoms. The quantitative estimate of drug-likeness (QED) is 0.803. The normalized spacial score (nSPS) is 11.1. The van der Waals surface area contributed by atoms with Gasteiger partial charge in [0.05, 0.1) is 6.07 Å². The van der Waals surface area contributed by atoms with Gasteiger partial charge in [0.25, 0.3) is 0 Å². The first-order valence-electron chi connectivity index (χ1n) is 5.14. The summed E-state index contributed by atoms with van der Waals surface area (Å²) in [5.74, 6) is 0.891. The minimum Gasteiger partial charge on any atom is -0.368 e. The zero-order valence-electron chi connectivity index (χ0n) is 9.62. The first kappa shape index (κ1) is 11.6. The highest BCUT2D eigenvalue weighted by atomic mass is 15.3. The zero-order valence-corrected chi connectivity index (χ0v) is 9.62. The lowest BCUT2D eigenvalue weighted by Gasteiger charge is -2.23. The van der Waals surface area contributed by atoms with E-state index in [1.807, 2.05) is 19.3 Å². The minimum atomic E-state index is 0.132. The number of hydrogen-bond acceptors (Lipinski definition) is 3. The summed E-state index contributed by atoms with van der Waals surface area (Å²) in [6.45, 7) is 5.15. The van der Waals surface area contributed by atoms with Gasteiger partial charge in [0, 0.05) is 32.3 Å². The number of rotatable bonds is 5. The second-order valence-electron chi connectivity index (χ2n) is 4.55. The van der Waals surface area contributed by atoms with E-state index in [0.29, 0.717) is 6.42 Å². The van der Waals surface area contributed by atoms with Crippen LogP contribution >= 0.6 is 0 Å². The Morgan fingerprint density at radius 2 is 2.33 bits per heavy atom. The minimum absolute atomic E-state index is 0.132. The van der Waals surface area contributed by atoms with Crippen LogP contribution in [-0.4, -0.2) is 16.3 Å². The molecule has 1 N–H and O–H groups in total. The molecule has 0 saturated carbocycles. The van der Waals surface area contributed by atoms with E-state index in [-0.39, 0.29) is 5.41 Å². The van der Waals surface area contributed by atoms with Crippen LogP contribution in [0.4, 0.5) is 5.82 Å². The molecule has 0 radical (unpaired) electrons. The molecule has 0 aliphatic heterocycles. The lowest BCUT2D eigenvalue weighted by atomic mass is 9.88. The molecular weight excluding hydrogens is 188 g/mol. The van der Waals surface area contributed by atoms with Gasteiger partial charge in [-0.2, -0.15) is 10.4 Å². The molecule has 1 aromatic rings. The number of hydrogen-bond donors (Lipinski definition) is 1. The Kier molecular flexibility index (Phi) is 3.73. The number of anilines is 1. The molecule has 0 amide bonds. The lowest BCUT2D eigenvalue weighted by Crippen LogP contribution is -2.23. The van der Waals surface area contributed by atoms with Crippen LogP contribution in [-0.2, 0) is 7.05 Å². The maximum absolute atomic E-state index is 8.53. The van der Waals surface area contributed by atoms with Gasteiger partial charge in [-0.05, 0) is 11.8 Å². The van der Waals surface area contributed by atoms with Gasteiger partial charge >= 0.3 is 0 Å². The topological polar surface area (TPSA) is 53.6 Å². The van der Waals surface area contributed by atoms with E-state index in [1.165, 1.54) is 0 Å². The van der Waals surface area contributed by atoms with Crippen molar-refractivity contribution in [2.45, 2.75) is 26.7 Å². The molecule has 4 nitrogen and oxygen atoms in total. The Morgan fingerprint density at radius 1 is 1.60 bits per heavy atom. The van der Waals surface area contributed by atoms with E-state index in [0.717, 1.165) is 18.8 Å². The van der Waals surface area contributed by atoms with Gasteiger partial charge in [0.15, 0.2) is 0 Å². The van der Waals surface area contributed by atoms with Gasteiger partial charge in [0.1, 0.15) is 5.82 Å². The molecule has 0 saturated heterocycles. The van der Waals surface area contributed by atoms with Crippen LogP contribution in [0.15, 0.2) is 12.3 Å². The fourth-order valence-corrected chi connectivity index (χ4v) is 1.32. The average Bonchev–Trinajstić information content (AvgIpc) is 2.59. The molecule has 0 atom stereocenters. The third-order valence-electron chi connectivity index (χ3n) is 2.38. The predicted octanol–water partition coefficient (Wildman–Crippen LogP) is 2.16. The van der Waals surface area contributed by atoms with Crippen molar-refractivity contribution in [2.75, 3.05) is 11.9 Å². The van der Waals surface area contributed by atoms with Gasteiger partial charge < -0.3 is 5.32 Å². The van der Waals surface area contributed by atoms with Crippen LogP contribution in [0, 0.1) is 16.7 Å². The highest BCUT2D eigenvalue weighted by molar-refractivity contribution is 5.32. The highest BCUT2D eigenvalue weighted by Crippen LogP contribution is 2.22. The summed E-state index contributed by atoms with van der Waals surface area (Å²) in [7, 11) is 1.89. The molecule has 1 heterocycles. The lowest BCUT2D eigenvalue weighted by molar-refractivity contribution is 0.363. The Labute approximate surface area is 90.9 Å². The molecule has 0 aliphatic carbocycles. The van der Waals surface area contributed by atoms with Crippen molar-refractivity contribution in [2.24, 2.45) is 12.5 Å². The van der Waals surface area contributed by atoms with Crippen LogP contribution < -0.4 is 5.32 Å². The van der Waals surface area contributed by atoms with E-state index in [2.05, 4.69) is 30.3 Å². The smallest absolute Gasteiger partial charge is 0.147 e. The highest BCUT2D eigenvalue weighted by Gasteiger charge is 2.17. The van der Waals surface area contributed by atoms with E-state index in [1.54, 1.807) is 4.68 Å². The van der Waals surface area contributed by atoms with Crippen molar-refractivity contribution >= 4 is 5.82 Å². The zero-order chi connectivity index (χ0) is 11.3. The van der Waals surface area contributed by atoms with Crippen molar-refractivity contribution in [1.82, 2.24) is 9.78 Å². The molecule has 1 aromatic heterocycles. The summed E-state index contributed by atoms with van der Waals surface area (Å²) >= 11 is 0. The van der Waals surface area contributed by atoms with E-state index >= 15 is 0 Å². The second kappa shape index (κ2) is 4.83. The molecule has 15 heavy (non-hydrogen) atoms. The maximum Gasteiger partial charge on any atom is 0.147 e. The van der Waals surface area contributed by atoms with Gasteiger partial charge in [0.2, 0.25) is 0 Å². The van der Waals surface area contributed by atoms with Crippen molar-refractivity contribution < 1.29 is 0 Å². The predicted molar refractivity (Wildman–Crippen MR) is 60.3 cm³/mol. The summed E-state index contributed by atoms with van der Waals surface area (Å²) < 4.78 is 1.77. The fraction of sp³-hybridized carbons (Fsp3) is 0.636.